The molecule has 0 fully saturated rings. The third-order valence-electron chi connectivity index (χ3n) is 2.69. The molecule has 0 unspecified atom stereocenters. The summed E-state index contributed by atoms with van der Waals surface area (Å²) in [6.07, 6.45) is 1.71. The topological polar surface area (TPSA) is 25.2 Å². The molecular weight excluding hydrogens is 278 g/mol. The van der Waals surface area contributed by atoms with Gasteiger partial charge in [0.1, 0.15) is 5.76 Å². The Morgan fingerprint density at radius 2 is 2.12 bits per heavy atom. The fourth-order valence-electron chi connectivity index (χ4n) is 1.80. The molecule has 0 radical (unpaired) electrons. The predicted octanol–water partition coefficient (Wildman–Crippen LogP) is 4.13. The normalized spacial score (nSPS) is 10.8. The number of benzene rings is 1. The molecule has 2 aromatic rings. The van der Waals surface area contributed by atoms with Crippen molar-refractivity contribution in [2.75, 3.05) is 6.54 Å². The van der Waals surface area contributed by atoms with Crippen LogP contribution in [0.2, 0.25) is 0 Å². The average Bonchev–Trinajstić information content (AvgIpc) is 2.74. The van der Waals surface area contributed by atoms with Gasteiger partial charge in [0.15, 0.2) is 0 Å². The van der Waals surface area contributed by atoms with E-state index in [4.69, 9.17) is 4.42 Å². The molecular formula is C14H16BrNO. The maximum Gasteiger partial charge on any atom is 0.148 e. The van der Waals surface area contributed by atoms with Crippen LogP contribution < -0.4 is 5.32 Å². The maximum absolute atomic E-state index is 5.55. The van der Waals surface area contributed by atoms with E-state index >= 15 is 0 Å². The molecule has 3 heteroatoms. The highest BCUT2D eigenvalue weighted by Gasteiger charge is 2.11. The summed E-state index contributed by atoms with van der Waals surface area (Å²) >= 11 is 3.52. The first kappa shape index (κ1) is 12.4. The van der Waals surface area contributed by atoms with Crippen LogP contribution in [-0.4, -0.2) is 6.54 Å². The lowest BCUT2D eigenvalue weighted by Crippen LogP contribution is -2.12. The van der Waals surface area contributed by atoms with Crippen LogP contribution in [0.5, 0.6) is 0 Å². The Kier molecular flexibility index (Phi) is 4.02. The Balaban J connectivity index is 2.43. The molecule has 0 saturated heterocycles. The highest BCUT2D eigenvalue weighted by Crippen LogP contribution is 2.32. The van der Waals surface area contributed by atoms with Crippen LogP contribution in [-0.2, 0) is 6.54 Å². The molecule has 2 nitrogen and oxygen atoms in total. The van der Waals surface area contributed by atoms with Crippen LogP contribution in [0.3, 0.4) is 0 Å². The molecule has 0 amide bonds. The summed E-state index contributed by atoms with van der Waals surface area (Å²) in [5, 5.41) is 3.35. The number of halogens is 1. The molecule has 0 bridgehead atoms. The van der Waals surface area contributed by atoms with E-state index in [1.807, 2.05) is 6.07 Å². The minimum absolute atomic E-state index is 0.860. The highest BCUT2D eigenvalue weighted by atomic mass is 79.9. The zero-order valence-electron chi connectivity index (χ0n) is 10.1. The van der Waals surface area contributed by atoms with E-state index in [1.165, 1.54) is 11.1 Å². The predicted molar refractivity (Wildman–Crippen MR) is 74.0 cm³/mol. The molecule has 1 N–H and O–H groups in total. The lowest BCUT2D eigenvalue weighted by molar-refractivity contribution is 0.579. The highest BCUT2D eigenvalue weighted by molar-refractivity contribution is 9.10. The molecule has 0 aliphatic rings. The number of furan rings is 1. The Morgan fingerprint density at radius 3 is 2.76 bits per heavy atom. The molecule has 0 aliphatic heterocycles. The lowest BCUT2D eigenvalue weighted by Gasteiger charge is -2.09. The second-order valence-electron chi connectivity index (χ2n) is 4.04. The SMILES string of the molecule is CCNCc1ccc(C)cc1-c1occc1Br. The van der Waals surface area contributed by atoms with Gasteiger partial charge in [0.2, 0.25) is 0 Å². The number of nitrogens with one attached hydrogen (secondary N) is 1. The van der Waals surface area contributed by atoms with Crippen molar-refractivity contribution in [1.82, 2.24) is 5.32 Å². The first-order chi connectivity index (χ1) is 8.22. The number of hydrogen-bond donors (Lipinski definition) is 1. The molecule has 17 heavy (non-hydrogen) atoms. The first-order valence-electron chi connectivity index (χ1n) is 5.76. The molecule has 1 heterocycles. The number of rotatable bonds is 4. The maximum atomic E-state index is 5.55. The fraction of sp³-hybridized carbons (Fsp3) is 0.286. The van der Waals surface area contributed by atoms with Crippen LogP contribution >= 0.6 is 15.9 Å². The quantitative estimate of drug-likeness (QED) is 0.917. The Morgan fingerprint density at radius 1 is 1.29 bits per heavy atom. The Hall–Kier alpha value is -1.06. The Bertz CT molecular complexity index is 505. The van der Waals surface area contributed by atoms with E-state index in [9.17, 15) is 0 Å². The fourth-order valence-corrected chi connectivity index (χ4v) is 2.22. The van der Waals surface area contributed by atoms with Gasteiger partial charge in [-0.2, -0.15) is 0 Å². The van der Waals surface area contributed by atoms with Crippen LogP contribution in [0.25, 0.3) is 11.3 Å². The molecule has 0 aliphatic carbocycles. The minimum atomic E-state index is 0.860. The van der Waals surface area contributed by atoms with Crippen LogP contribution in [0.15, 0.2) is 39.4 Å². The molecule has 90 valence electrons. The van der Waals surface area contributed by atoms with Gasteiger partial charge in [-0.3, -0.25) is 0 Å². The second kappa shape index (κ2) is 5.52. The van der Waals surface area contributed by atoms with Gasteiger partial charge in [-0.1, -0.05) is 24.6 Å². The summed E-state index contributed by atoms with van der Waals surface area (Å²) in [5.41, 5.74) is 3.65. The van der Waals surface area contributed by atoms with Crippen molar-refractivity contribution in [3.05, 3.63) is 46.1 Å². The van der Waals surface area contributed by atoms with Crippen molar-refractivity contribution in [3.63, 3.8) is 0 Å². The van der Waals surface area contributed by atoms with Crippen molar-refractivity contribution < 1.29 is 4.42 Å². The Labute approximate surface area is 110 Å². The average molecular weight is 294 g/mol. The smallest absolute Gasteiger partial charge is 0.148 e. The largest absolute Gasteiger partial charge is 0.463 e. The molecule has 0 saturated carbocycles. The summed E-state index contributed by atoms with van der Waals surface area (Å²) in [5.74, 6) is 0.904. The molecule has 0 atom stereocenters. The molecule has 2 rings (SSSR count). The zero-order valence-corrected chi connectivity index (χ0v) is 11.7. The van der Waals surface area contributed by atoms with Gasteiger partial charge in [0, 0.05) is 12.1 Å². The van der Waals surface area contributed by atoms with Gasteiger partial charge >= 0.3 is 0 Å². The van der Waals surface area contributed by atoms with E-state index < -0.39 is 0 Å². The van der Waals surface area contributed by atoms with E-state index in [0.29, 0.717) is 0 Å². The summed E-state index contributed by atoms with van der Waals surface area (Å²) in [7, 11) is 0. The summed E-state index contributed by atoms with van der Waals surface area (Å²) in [4.78, 5) is 0. The van der Waals surface area contributed by atoms with Crippen LogP contribution in [0.1, 0.15) is 18.1 Å². The first-order valence-corrected chi connectivity index (χ1v) is 6.55. The lowest BCUT2D eigenvalue weighted by atomic mass is 10.0. The van der Waals surface area contributed by atoms with Crippen molar-refractivity contribution in [1.29, 1.82) is 0 Å². The van der Waals surface area contributed by atoms with E-state index in [2.05, 4.69) is 53.3 Å². The van der Waals surface area contributed by atoms with Gasteiger partial charge < -0.3 is 9.73 Å². The van der Waals surface area contributed by atoms with Gasteiger partial charge in [-0.05, 0) is 47.1 Å². The summed E-state index contributed by atoms with van der Waals surface area (Å²) < 4.78 is 6.55. The van der Waals surface area contributed by atoms with Crippen molar-refractivity contribution in [2.45, 2.75) is 20.4 Å². The zero-order chi connectivity index (χ0) is 12.3. The second-order valence-corrected chi connectivity index (χ2v) is 4.89. The summed E-state index contributed by atoms with van der Waals surface area (Å²) in [6, 6.07) is 8.38. The van der Waals surface area contributed by atoms with Crippen LogP contribution in [0.4, 0.5) is 0 Å². The summed E-state index contributed by atoms with van der Waals surface area (Å²) in [6.45, 7) is 6.03. The molecule has 1 aromatic carbocycles. The van der Waals surface area contributed by atoms with Crippen LogP contribution in [0, 0.1) is 6.92 Å². The molecule has 1 aromatic heterocycles. The van der Waals surface area contributed by atoms with Gasteiger partial charge in [0.25, 0.3) is 0 Å². The standard InChI is InChI=1S/C14H16BrNO/c1-3-16-9-11-5-4-10(2)8-12(11)14-13(15)6-7-17-14/h4-8,16H,3,9H2,1-2H3. The third-order valence-corrected chi connectivity index (χ3v) is 3.32. The van der Waals surface area contributed by atoms with E-state index in [-0.39, 0.29) is 0 Å². The number of aryl methyl sites for hydroxylation is 1. The van der Waals surface area contributed by atoms with E-state index in [1.54, 1.807) is 6.26 Å². The minimum Gasteiger partial charge on any atom is -0.463 e. The van der Waals surface area contributed by atoms with Crippen molar-refractivity contribution in [3.8, 4) is 11.3 Å². The number of hydrogen-bond acceptors (Lipinski definition) is 2. The third kappa shape index (κ3) is 2.79. The van der Waals surface area contributed by atoms with Crippen molar-refractivity contribution in [2.24, 2.45) is 0 Å². The molecule has 0 spiro atoms. The van der Waals surface area contributed by atoms with Gasteiger partial charge in [0.05, 0.1) is 10.7 Å². The monoisotopic (exact) mass is 293 g/mol. The van der Waals surface area contributed by atoms with Gasteiger partial charge in [-0.15, -0.1) is 0 Å². The van der Waals surface area contributed by atoms with Crippen molar-refractivity contribution >= 4 is 15.9 Å². The van der Waals surface area contributed by atoms with Gasteiger partial charge in [-0.25, -0.2) is 0 Å². The van der Waals surface area contributed by atoms with E-state index in [0.717, 1.165) is 28.9 Å².